The van der Waals surface area contributed by atoms with Crippen molar-refractivity contribution in [1.29, 1.82) is 0 Å². The van der Waals surface area contributed by atoms with Crippen molar-refractivity contribution in [3.63, 3.8) is 0 Å². The summed E-state index contributed by atoms with van der Waals surface area (Å²) in [5.74, 6) is 1.98. The van der Waals surface area contributed by atoms with Gasteiger partial charge < -0.3 is 9.47 Å². The lowest BCUT2D eigenvalue weighted by atomic mass is 10.1. The molecule has 0 atom stereocenters. The summed E-state index contributed by atoms with van der Waals surface area (Å²) < 4.78 is 12.5. The maximum Gasteiger partial charge on any atom is 0.122 e. The minimum Gasteiger partial charge on any atom is -0.493 e. The van der Waals surface area contributed by atoms with Crippen LogP contribution >= 0.6 is 22.6 Å². The van der Waals surface area contributed by atoms with Gasteiger partial charge in [-0.2, -0.15) is 0 Å². The van der Waals surface area contributed by atoms with Gasteiger partial charge in [-0.3, -0.25) is 0 Å². The van der Waals surface area contributed by atoms with Crippen LogP contribution in [0.5, 0.6) is 11.5 Å². The molecule has 1 aliphatic rings. The molecule has 1 aliphatic heterocycles. The first-order valence-corrected chi connectivity index (χ1v) is 7.52. The lowest BCUT2D eigenvalue weighted by molar-refractivity contribution is 0.321. The minimum absolute atomic E-state index is 0.708. The smallest absolute Gasteiger partial charge is 0.122 e. The predicted octanol–water partition coefficient (Wildman–Crippen LogP) is 3.85. The Hall–Kier alpha value is -1.23. The predicted molar refractivity (Wildman–Crippen MR) is 84.0 cm³/mol. The van der Waals surface area contributed by atoms with Crippen LogP contribution in [-0.2, 0) is 12.8 Å². The number of fused-ring (bicyclic) bond motifs is 1. The molecule has 0 bridgehead atoms. The topological polar surface area (TPSA) is 18.5 Å². The molecule has 3 rings (SSSR count). The molecule has 98 valence electrons. The monoisotopic (exact) mass is 366 g/mol. The maximum atomic E-state index is 5.77. The molecule has 0 amide bonds. The third-order valence-electron chi connectivity index (χ3n) is 3.21. The molecule has 0 N–H and O–H groups in total. The second-order valence-electron chi connectivity index (χ2n) is 4.60. The van der Waals surface area contributed by atoms with E-state index in [9.17, 15) is 0 Å². The van der Waals surface area contributed by atoms with Crippen LogP contribution in [0.3, 0.4) is 0 Å². The summed E-state index contributed by atoms with van der Waals surface area (Å²) in [7, 11) is 0. The Kier molecular flexibility index (Phi) is 3.92. The molecule has 0 radical (unpaired) electrons. The van der Waals surface area contributed by atoms with E-state index < -0.39 is 0 Å². The van der Waals surface area contributed by atoms with Crippen LogP contribution in [0.4, 0.5) is 0 Å². The fraction of sp³-hybridized carbons (Fsp3) is 0.250. The van der Waals surface area contributed by atoms with Gasteiger partial charge in [0.15, 0.2) is 0 Å². The van der Waals surface area contributed by atoms with E-state index in [1.807, 2.05) is 12.1 Å². The highest BCUT2D eigenvalue weighted by molar-refractivity contribution is 14.1. The Morgan fingerprint density at radius 3 is 3.00 bits per heavy atom. The van der Waals surface area contributed by atoms with Crippen LogP contribution in [0.1, 0.15) is 11.1 Å². The van der Waals surface area contributed by atoms with Gasteiger partial charge in [-0.15, -0.1) is 0 Å². The molecule has 0 aliphatic carbocycles. The van der Waals surface area contributed by atoms with Gasteiger partial charge in [-0.25, -0.2) is 0 Å². The van der Waals surface area contributed by atoms with E-state index in [1.54, 1.807) is 0 Å². The second kappa shape index (κ2) is 5.82. The van der Waals surface area contributed by atoms with Crippen LogP contribution < -0.4 is 9.47 Å². The third kappa shape index (κ3) is 3.21. The number of halogens is 1. The highest BCUT2D eigenvalue weighted by Crippen LogP contribution is 2.26. The van der Waals surface area contributed by atoms with Crippen molar-refractivity contribution >= 4 is 22.6 Å². The van der Waals surface area contributed by atoms with Gasteiger partial charge in [0.2, 0.25) is 0 Å². The fourth-order valence-electron chi connectivity index (χ4n) is 2.24. The van der Waals surface area contributed by atoms with Gasteiger partial charge in [0.1, 0.15) is 11.5 Å². The largest absolute Gasteiger partial charge is 0.493 e. The summed E-state index contributed by atoms with van der Waals surface area (Å²) in [5, 5.41) is 0. The van der Waals surface area contributed by atoms with Crippen molar-refractivity contribution in [3.8, 4) is 11.5 Å². The first-order chi connectivity index (χ1) is 9.31. The number of benzene rings is 2. The zero-order valence-electron chi connectivity index (χ0n) is 10.6. The molecule has 0 saturated heterocycles. The van der Waals surface area contributed by atoms with Crippen molar-refractivity contribution in [2.75, 3.05) is 13.2 Å². The summed E-state index contributed by atoms with van der Waals surface area (Å²) in [5.41, 5.74) is 2.64. The first-order valence-electron chi connectivity index (χ1n) is 6.44. The summed E-state index contributed by atoms with van der Waals surface area (Å²) in [4.78, 5) is 0. The Morgan fingerprint density at radius 1 is 1.16 bits per heavy atom. The number of rotatable bonds is 4. The molecular weight excluding hydrogens is 351 g/mol. The first kappa shape index (κ1) is 12.8. The Morgan fingerprint density at radius 2 is 2.11 bits per heavy atom. The maximum absolute atomic E-state index is 5.77. The summed E-state index contributed by atoms with van der Waals surface area (Å²) in [6, 6.07) is 14.6. The molecule has 2 nitrogen and oxygen atoms in total. The Bertz CT molecular complexity index is 581. The van der Waals surface area contributed by atoms with E-state index in [4.69, 9.17) is 9.47 Å². The van der Waals surface area contributed by atoms with Gasteiger partial charge in [0.25, 0.3) is 0 Å². The zero-order valence-corrected chi connectivity index (χ0v) is 12.7. The number of ether oxygens (including phenoxy) is 2. The molecule has 19 heavy (non-hydrogen) atoms. The Labute approximate surface area is 126 Å². The number of hydrogen-bond acceptors (Lipinski definition) is 2. The molecule has 1 heterocycles. The van der Waals surface area contributed by atoms with E-state index in [2.05, 4.69) is 52.9 Å². The molecule has 0 aromatic heterocycles. The molecule has 0 fully saturated rings. The van der Waals surface area contributed by atoms with Crippen molar-refractivity contribution in [3.05, 3.63) is 57.2 Å². The minimum atomic E-state index is 0.708. The van der Waals surface area contributed by atoms with Gasteiger partial charge in [0.05, 0.1) is 13.2 Å². The van der Waals surface area contributed by atoms with Crippen LogP contribution in [-0.4, -0.2) is 13.2 Å². The van der Waals surface area contributed by atoms with Crippen LogP contribution in [0.2, 0.25) is 0 Å². The average molecular weight is 366 g/mol. The Balaban J connectivity index is 1.58. The molecule has 2 aromatic carbocycles. The average Bonchev–Trinajstić information content (AvgIpc) is 2.86. The highest BCUT2D eigenvalue weighted by atomic mass is 127. The fourth-order valence-corrected chi connectivity index (χ4v) is 2.75. The molecule has 3 heteroatoms. The van der Waals surface area contributed by atoms with Crippen molar-refractivity contribution < 1.29 is 9.47 Å². The van der Waals surface area contributed by atoms with Gasteiger partial charge in [-0.1, -0.05) is 18.2 Å². The quantitative estimate of drug-likeness (QED) is 0.766. The van der Waals surface area contributed by atoms with E-state index >= 15 is 0 Å². The van der Waals surface area contributed by atoms with Gasteiger partial charge in [-0.05, 0) is 58.0 Å². The second-order valence-corrected chi connectivity index (χ2v) is 5.84. The van der Waals surface area contributed by atoms with E-state index in [0.717, 1.165) is 30.9 Å². The van der Waals surface area contributed by atoms with Crippen LogP contribution in [0.15, 0.2) is 42.5 Å². The van der Waals surface area contributed by atoms with Crippen LogP contribution in [0, 0.1) is 3.57 Å². The lowest BCUT2D eigenvalue weighted by Gasteiger charge is -2.07. The third-order valence-corrected chi connectivity index (χ3v) is 3.88. The van der Waals surface area contributed by atoms with Crippen molar-refractivity contribution in [2.45, 2.75) is 12.8 Å². The molecule has 0 spiro atoms. The normalized spacial score (nSPS) is 12.9. The number of hydrogen-bond donors (Lipinski definition) is 0. The molecule has 2 aromatic rings. The molecule has 0 unspecified atom stereocenters. The highest BCUT2D eigenvalue weighted by Gasteiger charge is 2.11. The summed E-state index contributed by atoms with van der Waals surface area (Å²) >= 11 is 2.29. The van der Waals surface area contributed by atoms with E-state index in [1.165, 1.54) is 14.7 Å². The van der Waals surface area contributed by atoms with Gasteiger partial charge >= 0.3 is 0 Å². The molecular formula is C16H15IO2. The summed E-state index contributed by atoms with van der Waals surface area (Å²) in [6.07, 6.45) is 1.96. The zero-order chi connectivity index (χ0) is 13.1. The SMILES string of the molecule is Ic1cccc(OCCc2ccc3c(c2)CCO3)c1. The van der Waals surface area contributed by atoms with E-state index in [-0.39, 0.29) is 0 Å². The molecule has 0 saturated carbocycles. The van der Waals surface area contributed by atoms with E-state index in [0.29, 0.717) is 6.61 Å². The van der Waals surface area contributed by atoms with Gasteiger partial charge in [0, 0.05) is 16.4 Å². The van der Waals surface area contributed by atoms with Crippen molar-refractivity contribution in [2.24, 2.45) is 0 Å². The standard InChI is InChI=1S/C16H15IO2/c17-14-2-1-3-15(11-14)18-8-6-12-4-5-16-13(10-12)7-9-19-16/h1-5,10-11H,6-9H2. The summed E-state index contributed by atoms with van der Waals surface area (Å²) in [6.45, 7) is 1.53. The van der Waals surface area contributed by atoms with Crippen molar-refractivity contribution in [1.82, 2.24) is 0 Å². The lowest BCUT2D eigenvalue weighted by Crippen LogP contribution is -2.01. The van der Waals surface area contributed by atoms with Crippen LogP contribution in [0.25, 0.3) is 0 Å².